The van der Waals surface area contributed by atoms with Crippen molar-refractivity contribution in [3.8, 4) is 0 Å². The second-order valence-electron chi connectivity index (χ2n) is 10.4. The predicted octanol–water partition coefficient (Wildman–Crippen LogP) is 5.16. The average Bonchev–Trinajstić information content (AvgIpc) is 3.09. The van der Waals surface area contributed by atoms with Gasteiger partial charge in [-0.1, -0.05) is 38.0 Å². The second kappa shape index (κ2) is 11.0. The van der Waals surface area contributed by atoms with Crippen molar-refractivity contribution in [1.82, 2.24) is 10.6 Å². The molecule has 1 unspecified atom stereocenters. The van der Waals surface area contributed by atoms with E-state index in [0.717, 1.165) is 42.5 Å². The molecule has 0 saturated heterocycles. The van der Waals surface area contributed by atoms with Gasteiger partial charge >= 0.3 is 12.2 Å². The third kappa shape index (κ3) is 8.34. The molecule has 1 atom stereocenters. The van der Waals surface area contributed by atoms with Crippen LogP contribution in [-0.2, 0) is 22.4 Å². The lowest BCUT2D eigenvalue weighted by atomic mass is 10.1. The number of unbranched alkanes of at least 4 members (excludes halogenated alkanes) is 1. The molecule has 7 heteroatoms. The van der Waals surface area contributed by atoms with Crippen molar-refractivity contribution in [2.24, 2.45) is 0 Å². The lowest BCUT2D eigenvalue weighted by molar-refractivity contribution is 0.0519. The first kappa shape index (κ1) is 26.0. The van der Waals surface area contributed by atoms with Gasteiger partial charge in [0.05, 0.1) is 5.69 Å². The van der Waals surface area contributed by atoms with Gasteiger partial charge in [-0.15, -0.1) is 0 Å². The molecule has 32 heavy (non-hydrogen) atoms. The van der Waals surface area contributed by atoms with Crippen LogP contribution in [-0.4, -0.2) is 42.5 Å². The molecule has 180 valence electrons. The maximum Gasteiger partial charge on any atom is 0.414 e. The molecule has 0 bridgehead atoms. The van der Waals surface area contributed by atoms with Crippen LogP contribution in [0.15, 0.2) is 18.2 Å². The maximum absolute atomic E-state index is 12.8. The van der Waals surface area contributed by atoms with E-state index in [1.165, 1.54) is 0 Å². The molecular formula is C25H41N3O4. The minimum atomic E-state index is -0.536. The maximum atomic E-state index is 12.8. The number of hydrogen-bond donors (Lipinski definition) is 2. The minimum Gasteiger partial charge on any atom is -0.444 e. The molecule has 1 aliphatic heterocycles. The van der Waals surface area contributed by atoms with Crippen molar-refractivity contribution >= 4 is 17.9 Å². The Balaban J connectivity index is 2.06. The van der Waals surface area contributed by atoms with Gasteiger partial charge in [-0.3, -0.25) is 4.90 Å². The first-order chi connectivity index (χ1) is 14.9. The monoisotopic (exact) mass is 447 g/mol. The summed E-state index contributed by atoms with van der Waals surface area (Å²) in [5.41, 5.74) is 2.11. The zero-order chi connectivity index (χ0) is 23.9. The molecule has 0 aromatic heterocycles. The molecule has 1 aromatic carbocycles. The van der Waals surface area contributed by atoms with Crippen molar-refractivity contribution in [1.29, 1.82) is 0 Å². The van der Waals surface area contributed by atoms with Crippen LogP contribution in [0.25, 0.3) is 0 Å². The van der Waals surface area contributed by atoms with Gasteiger partial charge in [0.25, 0.3) is 0 Å². The number of nitrogens with one attached hydrogen (secondary N) is 2. The van der Waals surface area contributed by atoms with Gasteiger partial charge in [0.15, 0.2) is 0 Å². The Hall–Kier alpha value is -2.28. The fourth-order valence-corrected chi connectivity index (χ4v) is 3.68. The van der Waals surface area contributed by atoms with E-state index in [2.05, 4.69) is 23.6 Å². The van der Waals surface area contributed by atoms with Crippen molar-refractivity contribution < 1.29 is 19.1 Å². The topological polar surface area (TPSA) is 79.9 Å². The molecule has 2 rings (SSSR count). The number of anilines is 1. The summed E-state index contributed by atoms with van der Waals surface area (Å²) in [6.07, 6.45) is 3.19. The number of hydrogen-bond acceptors (Lipinski definition) is 5. The fraction of sp³-hybridized carbons (Fsp3) is 0.680. The average molecular weight is 448 g/mol. The molecule has 1 aromatic rings. The smallest absolute Gasteiger partial charge is 0.414 e. The first-order valence-electron chi connectivity index (χ1n) is 11.7. The Labute approximate surface area is 193 Å². The normalized spacial score (nSPS) is 14.7. The number of alkyl carbamates (subject to hydrolysis) is 1. The summed E-state index contributed by atoms with van der Waals surface area (Å²) in [6, 6.07) is 6.26. The Morgan fingerprint density at radius 3 is 2.41 bits per heavy atom. The third-order valence-electron chi connectivity index (χ3n) is 5.07. The van der Waals surface area contributed by atoms with E-state index >= 15 is 0 Å². The number of ether oxygens (including phenoxy) is 2. The number of amides is 2. The number of carbonyl (C=O) groups is 2. The molecule has 2 amide bonds. The van der Waals surface area contributed by atoms with Crippen LogP contribution in [0.4, 0.5) is 15.3 Å². The van der Waals surface area contributed by atoms with Crippen LogP contribution in [0.2, 0.25) is 0 Å². The molecule has 0 aliphatic carbocycles. The summed E-state index contributed by atoms with van der Waals surface area (Å²) in [5, 5.41) is 6.46. The van der Waals surface area contributed by atoms with Crippen molar-refractivity contribution in [2.45, 2.75) is 97.9 Å². The molecule has 0 saturated carbocycles. The zero-order valence-corrected chi connectivity index (χ0v) is 20.8. The van der Waals surface area contributed by atoms with Crippen LogP contribution in [0.5, 0.6) is 0 Å². The predicted molar refractivity (Wildman–Crippen MR) is 128 cm³/mol. The van der Waals surface area contributed by atoms with E-state index in [0.29, 0.717) is 19.6 Å². The Bertz CT molecular complexity index is 780. The molecule has 0 spiro atoms. The fourth-order valence-electron chi connectivity index (χ4n) is 3.68. The quantitative estimate of drug-likeness (QED) is 0.576. The highest BCUT2D eigenvalue weighted by Crippen LogP contribution is 2.33. The number of nitrogens with zero attached hydrogens (tertiary/aromatic N) is 1. The first-order valence-corrected chi connectivity index (χ1v) is 11.7. The minimum absolute atomic E-state index is 0.106. The van der Waals surface area contributed by atoms with Crippen molar-refractivity contribution in [3.63, 3.8) is 0 Å². The zero-order valence-electron chi connectivity index (χ0n) is 20.8. The van der Waals surface area contributed by atoms with Crippen LogP contribution in [0.3, 0.4) is 0 Å². The van der Waals surface area contributed by atoms with Crippen molar-refractivity contribution in [3.05, 3.63) is 29.3 Å². The van der Waals surface area contributed by atoms with Gasteiger partial charge in [0.2, 0.25) is 0 Å². The molecule has 0 radical (unpaired) electrons. The summed E-state index contributed by atoms with van der Waals surface area (Å²) in [7, 11) is 0. The van der Waals surface area contributed by atoms with Crippen molar-refractivity contribution in [2.75, 3.05) is 18.0 Å². The SMILES string of the molecule is CCCCC(CNC(=O)OC(C)(C)C)NCc1cccc2c1N(C(=O)OC(C)(C)C)CC2. The highest BCUT2D eigenvalue weighted by Gasteiger charge is 2.30. The summed E-state index contributed by atoms with van der Waals surface area (Å²) >= 11 is 0. The van der Waals surface area contributed by atoms with E-state index in [1.54, 1.807) is 4.90 Å². The van der Waals surface area contributed by atoms with E-state index < -0.39 is 17.3 Å². The number of para-hydroxylation sites is 1. The van der Waals surface area contributed by atoms with Gasteiger partial charge in [0.1, 0.15) is 11.2 Å². The van der Waals surface area contributed by atoms with E-state index in [-0.39, 0.29) is 12.1 Å². The largest absolute Gasteiger partial charge is 0.444 e. The Morgan fingerprint density at radius 2 is 1.78 bits per heavy atom. The molecule has 1 aliphatic rings. The molecule has 2 N–H and O–H groups in total. The van der Waals surface area contributed by atoms with Gasteiger partial charge < -0.3 is 20.1 Å². The lowest BCUT2D eigenvalue weighted by Crippen LogP contribution is -2.42. The lowest BCUT2D eigenvalue weighted by Gasteiger charge is -2.27. The van der Waals surface area contributed by atoms with E-state index in [1.807, 2.05) is 53.7 Å². The van der Waals surface area contributed by atoms with Crippen LogP contribution < -0.4 is 15.5 Å². The van der Waals surface area contributed by atoms with Gasteiger partial charge in [-0.2, -0.15) is 0 Å². The van der Waals surface area contributed by atoms with Crippen LogP contribution >= 0.6 is 0 Å². The number of fused-ring (bicyclic) bond motifs is 1. The number of carbonyl (C=O) groups excluding carboxylic acids is 2. The van der Waals surface area contributed by atoms with Crippen LogP contribution in [0.1, 0.15) is 78.9 Å². The molecule has 7 nitrogen and oxygen atoms in total. The Kier molecular flexibility index (Phi) is 8.96. The number of rotatable bonds is 8. The highest BCUT2D eigenvalue weighted by atomic mass is 16.6. The standard InChI is InChI=1S/C25H41N3O4/c1-8-9-13-20(17-27-22(29)31-24(2,3)4)26-16-19-12-10-11-18-14-15-28(21(18)19)23(30)32-25(5,6)7/h10-12,20,26H,8-9,13-17H2,1-7H3,(H,27,29). The summed E-state index contributed by atoms with van der Waals surface area (Å²) in [6.45, 7) is 15.1. The molecule has 0 fully saturated rings. The summed E-state index contributed by atoms with van der Waals surface area (Å²) < 4.78 is 11.0. The Morgan fingerprint density at radius 1 is 1.09 bits per heavy atom. The van der Waals surface area contributed by atoms with Gasteiger partial charge in [-0.05, 0) is 65.5 Å². The molecule has 1 heterocycles. The van der Waals surface area contributed by atoms with E-state index in [9.17, 15) is 9.59 Å². The van der Waals surface area contributed by atoms with Crippen LogP contribution in [0, 0.1) is 0 Å². The molecular weight excluding hydrogens is 406 g/mol. The summed E-state index contributed by atoms with van der Waals surface area (Å²) in [5.74, 6) is 0. The summed E-state index contributed by atoms with van der Waals surface area (Å²) in [4.78, 5) is 26.6. The highest BCUT2D eigenvalue weighted by molar-refractivity contribution is 5.91. The number of benzene rings is 1. The van der Waals surface area contributed by atoms with Gasteiger partial charge in [-0.25, -0.2) is 9.59 Å². The third-order valence-corrected chi connectivity index (χ3v) is 5.07. The van der Waals surface area contributed by atoms with E-state index in [4.69, 9.17) is 9.47 Å². The second-order valence-corrected chi connectivity index (χ2v) is 10.4. The van der Waals surface area contributed by atoms with Gasteiger partial charge in [0, 0.05) is 25.7 Å².